The van der Waals surface area contributed by atoms with E-state index < -0.39 is 5.72 Å². The number of aliphatic hydroxyl groups is 1. The maximum atomic E-state index is 12.5. The molecule has 0 bridgehead atoms. The monoisotopic (exact) mass is 283 g/mol. The Morgan fingerprint density at radius 3 is 2.81 bits per heavy atom. The van der Waals surface area contributed by atoms with E-state index in [1.165, 1.54) is 5.57 Å². The average Bonchev–Trinajstić information content (AvgIpc) is 2.80. The van der Waals surface area contributed by atoms with Crippen LogP contribution in [-0.4, -0.2) is 21.6 Å². The summed E-state index contributed by atoms with van der Waals surface area (Å²) in [6.45, 7) is 2.10. The third-order valence-electron chi connectivity index (χ3n) is 5.69. The molecule has 0 spiro atoms. The molecular weight excluding hydrogens is 262 g/mol. The van der Waals surface area contributed by atoms with Crippen LogP contribution in [0.3, 0.4) is 0 Å². The molecule has 21 heavy (non-hydrogen) atoms. The van der Waals surface area contributed by atoms with Gasteiger partial charge in [-0.05, 0) is 31.7 Å². The van der Waals surface area contributed by atoms with E-state index in [0.29, 0.717) is 6.42 Å². The number of rotatable bonds is 1. The number of carbonyl (C=O) groups excluding carboxylic acids is 1. The van der Waals surface area contributed by atoms with Gasteiger partial charge < -0.3 is 10.0 Å². The summed E-state index contributed by atoms with van der Waals surface area (Å²) in [5.74, 6) is 0.392. The Morgan fingerprint density at radius 1 is 1.29 bits per heavy atom. The lowest BCUT2D eigenvalue weighted by Gasteiger charge is -2.50. The van der Waals surface area contributed by atoms with Crippen molar-refractivity contribution in [3.05, 3.63) is 47.5 Å². The molecule has 2 heterocycles. The Labute approximate surface area is 125 Å². The van der Waals surface area contributed by atoms with Gasteiger partial charge in [-0.3, -0.25) is 4.79 Å². The zero-order valence-electron chi connectivity index (χ0n) is 12.3. The summed E-state index contributed by atoms with van der Waals surface area (Å²) in [6.07, 6.45) is 5.35. The molecule has 2 aliphatic heterocycles. The summed E-state index contributed by atoms with van der Waals surface area (Å²) in [4.78, 5) is 14.4. The van der Waals surface area contributed by atoms with Gasteiger partial charge in [0.2, 0.25) is 5.91 Å². The first-order valence-electron chi connectivity index (χ1n) is 7.88. The number of piperidine rings is 1. The number of amides is 1. The summed E-state index contributed by atoms with van der Waals surface area (Å²) in [5.41, 5.74) is 1.43. The standard InChI is InChI=1S/C18H21NO2/c1-12-7-8-14-11-16(13-5-3-2-4-6-13)19-17(20)10-9-15(12)18(14,19)21/h2-7,14-16,21H,8-11H2,1H3/t14?,15-,16-,18-/m0/s1. The molecule has 3 nitrogen and oxygen atoms in total. The van der Waals surface area contributed by atoms with E-state index >= 15 is 0 Å². The van der Waals surface area contributed by atoms with Crippen molar-refractivity contribution in [1.82, 2.24) is 4.90 Å². The first kappa shape index (κ1) is 13.1. The van der Waals surface area contributed by atoms with Crippen molar-refractivity contribution in [1.29, 1.82) is 0 Å². The Balaban J connectivity index is 1.81. The lowest BCUT2D eigenvalue weighted by atomic mass is 9.71. The Morgan fingerprint density at radius 2 is 2.05 bits per heavy atom. The molecule has 1 aromatic carbocycles. The second kappa shape index (κ2) is 4.44. The van der Waals surface area contributed by atoms with Crippen LogP contribution in [-0.2, 0) is 4.79 Å². The fourth-order valence-corrected chi connectivity index (χ4v) is 4.68. The van der Waals surface area contributed by atoms with Gasteiger partial charge in [0.25, 0.3) is 0 Å². The maximum absolute atomic E-state index is 12.5. The third kappa shape index (κ3) is 1.67. The molecule has 4 rings (SSSR count). The molecule has 1 aliphatic carbocycles. The Hall–Kier alpha value is -1.61. The first-order valence-corrected chi connectivity index (χ1v) is 7.88. The van der Waals surface area contributed by atoms with Crippen LogP contribution in [0, 0.1) is 11.8 Å². The van der Waals surface area contributed by atoms with Gasteiger partial charge in [0, 0.05) is 18.3 Å². The van der Waals surface area contributed by atoms with Gasteiger partial charge in [0.15, 0.2) is 0 Å². The SMILES string of the molecule is CC1=CCC2C[C@@H](c3ccccc3)N3C(=O)CC[C@@H]1[C@@]23O. The summed E-state index contributed by atoms with van der Waals surface area (Å²) in [5, 5.41) is 11.4. The highest BCUT2D eigenvalue weighted by molar-refractivity contribution is 5.79. The summed E-state index contributed by atoms with van der Waals surface area (Å²) < 4.78 is 0. The smallest absolute Gasteiger partial charge is 0.225 e. The van der Waals surface area contributed by atoms with Gasteiger partial charge in [0.05, 0.1) is 6.04 Å². The quantitative estimate of drug-likeness (QED) is 0.805. The van der Waals surface area contributed by atoms with E-state index in [2.05, 4.69) is 25.1 Å². The molecule has 2 saturated heterocycles. The van der Waals surface area contributed by atoms with Crippen LogP contribution < -0.4 is 0 Å². The summed E-state index contributed by atoms with van der Waals surface area (Å²) >= 11 is 0. The molecular formula is C18H21NO2. The van der Waals surface area contributed by atoms with E-state index in [9.17, 15) is 9.90 Å². The lowest BCUT2D eigenvalue weighted by Crippen LogP contribution is -2.60. The highest BCUT2D eigenvalue weighted by Gasteiger charge is 2.61. The highest BCUT2D eigenvalue weighted by atomic mass is 16.3. The van der Waals surface area contributed by atoms with Gasteiger partial charge >= 0.3 is 0 Å². The van der Waals surface area contributed by atoms with Crippen LogP contribution in [0.4, 0.5) is 0 Å². The minimum Gasteiger partial charge on any atom is -0.370 e. The summed E-state index contributed by atoms with van der Waals surface area (Å²) in [7, 11) is 0. The second-order valence-corrected chi connectivity index (χ2v) is 6.68. The molecule has 0 saturated carbocycles. The van der Waals surface area contributed by atoms with E-state index in [1.54, 1.807) is 0 Å². The van der Waals surface area contributed by atoms with Crippen LogP contribution in [0.2, 0.25) is 0 Å². The average molecular weight is 283 g/mol. The van der Waals surface area contributed by atoms with E-state index in [4.69, 9.17) is 0 Å². The third-order valence-corrected chi connectivity index (χ3v) is 5.69. The van der Waals surface area contributed by atoms with Gasteiger partial charge in [0.1, 0.15) is 5.72 Å². The fourth-order valence-electron chi connectivity index (χ4n) is 4.68. The van der Waals surface area contributed by atoms with Crippen LogP contribution in [0.25, 0.3) is 0 Å². The van der Waals surface area contributed by atoms with Crippen LogP contribution >= 0.6 is 0 Å². The molecule has 1 N–H and O–H groups in total. The molecule has 110 valence electrons. The van der Waals surface area contributed by atoms with Crippen molar-refractivity contribution in [2.24, 2.45) is 11.8 Å². The second-order valence-electron chi connectivity index (χ2n) is 6.68. The number of hydrogen-bond donors (Lipinski definition) is 1. The van der Waals surface area contributed by atoms with Crippen molar-refractivity contribution in [3.8, 4) is 0 Å². The van der Waals surface area contributed by atoms with Gasteiger partial charge in [-0.2, -0.15) is 0 Å². The topological polar surface area (TPSA) is 40.5 Å². The predicted octanol–water partition coefficient (Wildman–Crippen LogP) is 3.02. The van der Waals surface area contributed by atoms with Crippen molar-refractivity contribution in [2.45, 2.75) is 44.4 Å². The fraction of sp³-hybridized carbons (Fsp3) is 0.500. The normalized spacial score (nSPS) is 38.2. The molecule has 1 aromatic rings. The first-order chi connectivity index (χ1) is 10.1. The largest absolute Gasteiger partial charge is 0.370 e. The van der Waals surface area contributed by atoms with Crippen LogP contribution in [0.1, 0.15) is 44.2 Å². The van der Waals surface area contributed by atoms with Crippen molar-refractivity contribution in [2.75, 3.05) is 0 Å². The van der Waals surface area contributed by atoms with Crippen molar-refractivity contribution < 1.29 is 9.90 Å². The number of nitrogens with zero attached hydrogens (tertiary/aromatic N) is 1. The number of hydrogen-bond acceptors (Lipinski definition) is 2. The van der Waals surface area contributed by atoms with E-state index in [0.717, 1.165) is 24.8 Å². The number of allylic oxidation sites excluding steroid dienone is 1. The summed E-state index contributed by atoms with van der Waals surface area (Å²) in [6, 6.07) is 10.2. The van der Waals surface area contributed by atoms with Gasteiger partial charge in [-0.25, -0.2) is 0 Å². The van der Waals surface area contributed by atoms with Crippen molar-refractivity contribution in [3.63, 3.8) is 0 Å². The molecule has 3 heteroatoms. The zero-order valence-corrected chi connectivity index (χ0v) is 12.3. The van der Waals surface area contributed by atoms with Gasteiger partial charge in [-0.1, -0.05) is 42.0 Å². The number of carbonyl (C=O) groups is 1. The van der Waals surface area contributed by atoms with Crippen LogP contribution in [0.5, 0.6) is 0 Å². The highest BCUT2D eigenvalue weighted by Crippen LogP contribution is 2.57. The van der Waals surface area contributed by atoms with Crippen molar-refractivity contribution >= 4 is 5.91 Å². The molecule has 1 unspecified atom stereocenters. The molecule has 1 amide bonds. The Kier molecular flexibility index (Phi) is 2.77. The molecule has 4 atom stereocenters. The molecule has 0 aromatic heterocycles. The van der Waals surface area contributed by atoms with E-state index in [-0.39, 0.29) is 23.8 Å². The lowest BCUT2D eigenvalue weighted by molar-refractivity contribution is -0.190. The van der Waals surface area contributed by atoms with E-state index in [1.807, 2.05) is 23.1 Å². The Bertz CT molecular complexity index is 609. The van der Waals surface area contributed by atoms with Crippen LogP contribution in [0.15, 0.2) is 42.0 Å². The molecule has 2 fully saturated rings. The maximum Gasteiger partial charge on any atom is 0.225 e. The zero-order chi connectivity index (χ0) is 14.6. The minimum atomic E-state index is -0.964. The minimum absolute atomic E-state index is 0.0239. The molecule has 3 aliphatic rings. The predicted molar refractivity (Wildman–Crippen MR) is 80.2 cm³/mol. The van der Waals surface area contributed by atoms with Gasteiger partial charge in [-0.15, -0.1) is 0 Å². The number of benzene rings is 1. The molecule has 0 radical (unpaired) electrons.